The highest BCUT2D eigenvalue weighted by atomic mass is 16.5. The number of nitrogens with one attached hydrogen (secondary N) is 1. The molecular formula is C18H30N2O. The minimum atomic E-state index is 0.366. The minimum absolute atomic E-state index is 0.366. The predicted molar refractivity (Wildman–Crippen MR) is 87.7 cm³/mol. The van der Waals surface area contributed by atoms with Crippen LogP contribution >= 0.6 is 0 Å². The van der Waals surface area contributed by atoms with Crippen molar-refractivity contribution in [3.8, 4) is 5.75 Å². The summed E-state index contributed by atoms with van der Waals surface area (Å²) in [7, 11) is 3.79. The number of rotatable bonds is 4. The van der Waals surface area contributed by atoms with Gasteiger partial charge in [0.25, 0.3) is 0 Å². The highest BCUT2D eigenvalue weighted by Gasteiger charge is 2.37. The Hall–Kier alpha value is -1.09. The molecule has 3 heteroatoms. The molecule has 3 atom stereocenters. The van der Waals surface area contributed by atoms with E-state index in [0.717, 1.165) is 23.9 Å². The summed E-state index contributed by atoms with van der Waals surface area (Å²) < 4.78 is 5.56. The van der Waals surface area contributed by atoms with Crippen molar-refractivity contribution in [2.24, 2.45) is 17.3 Å². The van der Waals surface area contributed by atoms with Crippen LogP contribution < -0.4 is 10.1 Å². The molecule has 3 nitrogen and oxygen atoms in total. The number of hydrogen-bond donors (Lipinski definition) is 1. The zero-order valence-electron chi connectivity index (χ0n) is 14.1. The molecule has 21 heavy (non-hydrogen) atoms. The van der Waals surface area contributed by atoms with Crippen LogP contribution in [0.1, 0.15) is 51.6 Å². The van der Waals surface area contributed by atoms with Crippen molar-refractivity contribution in [2.75, 3.05) is 20.7 Å². The van der Waals surface area contributed by atoms with Gasteiger partial charge in [0.1, 0.15) is 5.75 Å². The lowest BCUT2D eigenvalue weighted by Gasteiger charge is -2.42. The van der Waals surface area contributed by atoms with Crippen molar-refractivity contribution in [3.05, 3.63) is 24.0 Å². The van der Waals surface area contributed by atoms with Crippen molar-refractivity contribution in [1.82, 2.24) is 10.3 Å². The van der Waals surface area contributed by atoms with Gasteiger partial charge in [-0.1, -0.05) is 20.8 Å². The molecule has 1 aromatic rings. The molecule has 1 saturated carbocycles. The third-order valence-corrected chi connectivity index (χ3v) is 5.06. The second-order valence-electron chi connectivity index (χ2n) is 7.39. The van der Waals surface area contributed by atoms with E-state index in [0.29, 0.717) is 17.3 Å². The Bertz CT molecular complexity index is 453. The van der Waals surface area contributed by atoms with E-state index < -0.39 is 0 Å². The Morgan fingerprint density at radius 1 is 1.33 bits per heavy atom. The summed E-state index contributed by atoms with van der Waals surface area (Å²) in [6, 6.07) is 4.00. The van der Waals surface area contributed by atoms with Gasteiger partial charge in [-0.25, -0.2) is 0 Å². The second-order valence-corrected chi connectivity index (χ2v) is 7.39. The van der Waals surface area contributed by atoms with E-state index in [9.17, 15) is 0 Å². The minimum Gasteiger partial charge on any atom is -0.495 e. The molecule has 1 heterocycles. The SMILES string of the molecule is CNCC1CCC(C(C)(C)C)CC1c1ncccc1OC. The number of hydrogen-bond acceptors (Lipinski definition) is 3. The van der Waals surface area contributed by atoms with Gasteiger partial charge in [-0.3, -0.25) is 4.98 Å². The van der Waals surface area contributed by atoms with Crippen LogP contribution in [0.3, 0.4) is 0 Å². The molecular weight excluding hydrogens is 260 g/mol. The van der Waals surface area contributed by atoms with Crippen molar-refractivity contribution >= 4 is 0 Å². The van der Waals surface area contributed by atoms with Gasteiger partial charge in [-0.2, -0.15) is 0 Å². The lowest BCUT2D eigenvalue weighted by Crippen LogP contribution is -2.35. The number of methoxy groups -OCH3 is 1. The van der Waals surface area contributed by atoms with Gasteiger partial charge < -0.3 is 10.1 Å². The highest BCUT2D eigenvalue weighted by Crippen LogP contribution is 2.47. The number of aromatic nitrogens is 1. The zero-order valence-corrected chi connectivity index (χ0v) is 14.1. The molecule has 0 bridgehead atoms. The van der Waals surface area contributed by atoms with E-state index in [2.05, 4.69) is 31.1 Å². The first kappa shape index (κ1) is 16.3. The first-order chi connectivity index (χ1) is 9.97. The molecule has 1 aliphatic rings. The first-order valence-corrected chi connectivity index (χ1v) is 8.10. The number of nitrogens with zero attached hydrogens (tertiary/aromatic N) is 1. The summed E-state index contributed by atoms with van der Waals surface area (Å²) in [6.07, 6.45) is 5.70. The summed E-state index contributed by atoms with van der Waals surface area (Å²) in [6.45, 7) is 8.15. The van der Waals surface area contributed by atoms with E-state index in [1.165, 1.54) is 19.3 Å². The Kier molecular flexibility index (Phi) is 5.26. The van der Waals surface area contributed by atoms with Gasteiger partial charge in [0, 0.05) is 12.1 Å². The van der Waals surface area contributed by atoms with E-state index in [1.807, 2.05) is 25.4 Å². The molecule has 2 rings (SSSR count). The van der Waals surface area contributed by atoms with Gasteiger partial charge in [0.05, 0.1) is 12.8 Å². The number of pyridine rings is 1. The van der Waals surface area contributed by atoms with E-state index in [4.69, 9.17) is 4.74 Å². The molecule has 1 fully saturated rings. The fraction of sp³-hybridized carbons (Fsp3) is 0.722. The summed E-state index contributed by atoms with van der Waals surface area (Å²) in [4.78, 5) is 4.67. The van der Waals surface area contributed by atoms with Crippen molar-refractivity contribution < 1.29 is 4.74 Å². The fourth-order valence-electron chi connectivity index (χ4n) is 3.72. The van der Waals surface area contributed by atoms with Crippen LogP contribution in [0.25, 0.3) is 0 Å². The molecule has 1 aromatic heterocycles. The third-order valence-electron chi connectivity index (χ3n) is 5.06. The average Bonchev–Trinajstić information content (AvgIpc) is 2.47. The van der Waals surface area contributed by atoms with Gasteiger partial charge in [0.15, 0.2) is 0 Å². The lowest BCUT2D eigenvalue weighted by atomic mass is 9.64. The Morgan fingerprint density at radius 2 is 2.10 bits per heavy atom. The van der Waals surface area contributed by atoms with Gasteiger partial charge >= 0.3 is 0 Å². The van der Waals surface area contributed by atoms with E-state index >= 15 is 0 Å². The van der Waals surface area contributed by atoms with Crippen molar-refractivity contribution in [1.29, 1.82) is 0 Å². The Labute approximate surface area is 129 Å². The van der Waals surface area contributed by atoms with Crippen LogP contribution in [-0.2, 0) is 0 Å². The van der Waals surface area contributed by atoms with E-state index in [1.54, 1.807) is 7.11 Å². The maximum Gasteiger partial charge on any atom is 0.140 e. The Morgan fingerprint density at radius 3 is 2.71 bits per heavy atom. The molecule has 0 spiro atoms. The predicted octanol–water partition coefficient (Wildman–Crippen LogP) is 3.86. The van der Waals surface area contributed by atoms with Gasteiger partial charge in [-0.15, -0.1) is 0 Å². The molecule has 0 amide bonds. The average molecular weight is 290 g/mol. The van der Waals surface area contributed by atoms with Crippen molar-refractivity contribution in [2.45, 2.75) is 46.0 Å². The van der Waals surface area contributed by atoms with Crippen LogP contribution in [0.4, 0.5) is 0 Å². The van der Waals surface area contributed by atoms with Crippen LogP contribution in [0, 0.1) is 17.3 Å². The molecule has 0 radical (unpaired) electrons. The fourth-order valence-corrected chi connectivity index (χ4v) is 3.72. The first-order valence-electron chi connectivity index (χ1n) is 8.10. The number of ether oxygens (including phenoxy) is 1. The molecule has 0 aliphatic heterocycles. The largest absolute Gasteiger partial charge is 0.495 e. The molecule has 1 aliphatic carbocycles. The lowest BCUT2D eigenvalue weighted by molar-refractivity contribution is 0.127. The zero-order chi connectivity index (χ0) is 15.5. The maximum atomic E-state index is 5.56. The normalized spacial score (nSPS) is 26.6. The summed E-state index contributed by atoms with van der Waals surface area (Å²) in [5.74, 6) is 2.84. The molecule has 118 valence electrons. The summed E-state index contributed by atoms with van der Waals surface area (Å²) in [5.41, 5.74) is 1.51. The topological polar surface area (TPSA) is 34.2 Å². The van der Waals surface area contributed by atoms with Crippen LogP contribution in [-0.4, -0.2) is 25.7 Å². The monoisotopic (exact) mass is 290 g/mol. The van der Waals surface area contributed by atoms with Crippen LogP contribution in [0.15, 0.2) is 18.3 Å². The van der Waals surface area contributed by atoms with Gasteiger partial charge in [-0.05, 0) is 62.2 Å². The summed E-state index contributed by atoms with van der Waals surface area (Å²) in [5, 5.41) is 3.36. The van der Waals surface area contributed by atoms with Crippen LogP contribution in [0.2, 0.25) is 0 Å². The Balaban J connectivity index is 2.29. The molecule has 1 N–H and O–H groups in total. The standard InChI is InChI=1S/C18H30N2O/c1-18(2,3)14-9-8-13(12-19-4)15(11-14)17-16(21-5)7-6-10-20-17/h6-7,10,13-15,19H,8-9,11-12H2,1-5H3. The van der Waals surface area contributed by atoms with Gasteiger partial charge in [0.2, 0.25) is 0 Å². The summed E-state index contributed by atoms with van der Waals surface area (Å²) >= 11 is 0. The van der Waals surface area contributed by atoms with Crippen LogP contribution in [0.5, 0.6) is 5.75 Å². The quantitative estimate of drug-likeness (QED) is 0.914. The molecule has 0 saturated heterocycles. The van der Waals surface area contributed by atoms with Crippen molar-refractivity contribution in [3.63, 3.8) is 0 Å². The highest BCUT2D eigenvalue weighted by molar-refractivity contribution is 5.31. The second kappa shape index (κ2) is 6.78. The third kappa shape index (κ3) is 3.76. The maximum absolute atomic E-state index is 5.56. The molecule has 0 aromatic carbocycles. The molecule has 3 unspecified atom stereocenters. The van der Waals surface area contributed by atoms with E-state index in [-0.39, 0.29) is 0 Å². The smallest absolute Gasteiger partial charge is 0.140 e.